The third-order valence-electron chi connectivity index (χ3n) is 6.44. The first-order valence-corrected chi connectivity index (χ1v) is 10.5. The van der Waals surface area contributed by atoms with Crippen LogP contribution in [0.2, 0.25) is 0 Å². The monoisotopic (exact) mass is 441 g/mol. The predicted molar refractivity (Wildman–Crippen MR) is 120 cm³/mol. The number of halogens is 2. The maximum absolute atomic E-state index is 14.7. The summed E-state index contributed by atoms with van der Waals surface area (Å²) in [6.45, 7) is 5.55. The van der Waals surface area contributed by atoms with E-state index in [1.54, 1.807) is 13.0 Å². The van der Waals surface area contributed by atoms with E-state index in [4.69, 9.17) is 0 Å². The van der Waals surface area contributed by atoms with Crippen LogP contribution in [0.15, 0.2) is 41.3 Å². The van der Waals surface area contributed by atoms with Gasteiger partial charge in [0.2, 0.25) is 5.43 Å². The number of carboxylic acid groups (broad SMARTS) is 1. The Hall–Kier alpha value is -3.26. The Kier molecular flexibility index (Phi) is 5.73. The Morgan fingerprint density at radius 1 is 1.25 bits per heavy atom. The number of carboxylic acids is 1. The summed E-state index contributed by atoms with van der Waals surface area (Å²) in [6.07, 6.45) is 2.12. The van der Waals surface area contributed by atoms with E-state index in [1.807, 2.05) is 13.1 Å². The largest absolute Gasteiger partial charge is 0.477 e. The fraction of sp³-hybridized carbons (Fsp3) is 0.333. The van der Waals surface area contributed by atoms with Crippen LogP contribution in [0.1, 0.15) is 29.3 Å². The van der Waals surface area contributed by atoms with Crippen LogP contribution in [0.25, 0.3) is 16.6 Å². The zero-order valence-corrected chi connectivity index (χ0v) is 18.2. The molecule has 0 radical (unpaired) electrons. The van der Waals surface area contributed by atoms with Crippen LogP contribution in [-0.2, 0) is 0 Å². The van der Waals surface area contributed by atoms with Gasteiger partial charge in [-0.2, -0.15) is 0 Å². The molecule has 0 unspecified atom stereocenters. The van der Waals surface area contributed by atoms with Gasteiger partial charge in [0.25, 0.3) is 0 Å². The lowest BCUT2D eigenvalue weighted by Gasteiger charge is -2.23. The number of nitrogens with zero attached hydrogens (tertiary/aromatic N) is 2. The zero-order chi connectivity index (χ0) is 23.2. The summed E-state index contributed by atoms with van der Waals surface area (Å²) >= 11 is 0. The van der Waals surface area contributed by atoms with Crippen molar-refractivity contribution in [2.75, 3.05) is 25.0 Å². The number of benzene rings is 2. The highest BCUT2D eigenvalue weighted by Gasteiger charge is 2.27. The molecule has 0 aliphatic carbocycles. The Bertz CT molecular complexity index is 1270. The number of anilines is 1. The van der Waals surface area contributed by atoms with Gasteiger partial charge in [0.1, 0.15) is 17.2 Å². The fourth-order valence-electron chi connectivity index (χ4n) is 4.50. The number of rotatable bonds is 5. The van der Waals surface area contributed by atoms with Crippen LogP contribution in [0, 0.1) is 24.5 Å². The SMILES string of the molecule is CN[C@H](C)[C@@H]1CCN(c2cc(C)c3c(=O)c(C(=O)O)cn(-c4ccc(F)cc4F)c3c2)C1. The van der Waals surface area contributed by atoms with Gasteiger partial charge < -0.3 is 19.9 Å². The second-order valence-electron chi connectivity index (χ2n) is 8.37. The third-order valence-corrected chi connectivity index (χ3v) is 6.44. The molecule has 1 saturated heterocycles. The van der Waals surface area contributed by atoms with Crippen molar-refractivity contribution in [2.24, 2.45) is 5.92 Å². The average Bonchev–Trinajstić information content (AvgIpc) is 3.24. The number of aryl methyl sites for hydroxylation is 1. The molecule has 1 aromatic heterocycles. The summed E-state index contributed by atoms with van der Waals surface area (Å²) in [5, 5.41) is 13.0. The molecule has 0 amide bonds. The molecule has 0 bridgehead atoms. The van der Waals surface area contributed by atoms with Gasteiger partial charge in [0.05, 0.1) is 11.2 Å². The molecule has 2 heterocycles. The number of hydrogen-bond donors (Lipinski definition) is 2. The molecule has 2 atom stereocenters. The molecule has 3 aromatic rings. The molecule has 2 aromatic carbocycles. The highest BCUT2D eigenvalue weighted by Crippen LogP contribution is 2.31. The fourth-order valence-corrected chi connectivity index (χ4v) is 4.50. The summed E-state index contributed by atoms with van der Waals surface area (Å²) in [4.78, 5) is 26.9. The molecule has 1 aliphatic rings. The second kappa shape index (κ2) is 8.35. The smallest absolute Gasteiger partial charge is 0.341 e. The molecule has 32 heavy (non-hydrogen) atoms. The number of fused-ring (bicyclic) bond motifs is 1. The number of aromatic carboxylic acids is 1. The van der Waals surface area contributed by atoms with Crippen molar-refractivity contribution in [1.29, 1.82) is 0 Å². The number of pyridine rings is 1. The van der Waals surface area contributed by atoms with Gasteiger partial charge in [-0.05, 0) is 63.1 Å². The minimum atomic E-state index is -1.40. The van der Waals surface area contributed by atoms with Crippen molar-refractivity contribution in [2.45, 2.75) is 26.3 Å². The summed E-state index contributed by atoms with van der Waals surface area (Å²) in [5.74, 6) is -2.53. The molecular weight excluding hydrogens is 416 g/mol. The maximum atomic E-state index is 14.7. The van der Waals surface area contributed by atoms with E-state index in [2.05, 4.69) is 17.1 Å². The van der Waals surface area contributed by atoms with Gasteiger partial charge in [-0.1, -0.05) is 0 Å². The Morgan fingerprint density at radius 2 is 2.00 bits per heavy atom. The molecule has 1 aliphatic heterocycles. The quantitative estimate of drug-likeness (QED) is 0.632. The number of aromatic nitrogens is 1. The molecule has 4 rings (SSSR count). The minimum Gasteiger partial charge on any atom is -0.477 e. The second-order valence-corrected chi connectivity index (χ2v) is 8.37. The van der Waals surface area contributed by atoms with E-state index >= 15 is 0 Å². The van der Waals surface area contributed by atoms with Crippen molar-refractivity contribution in [3.05, 3.63) is 69.5 Å². The lowest BCUT2D eigenvalue weighted by Crippen LogP contribution is -2.32. The van der Waals surface area contributed by atoms with E-state index in [9.17, 15) is 23.5 Å². The lowest BCUT2D eigenvalue weighted by atomic mass is 10.0. The van der Waals surface area contributed by atoms with E-state index in [1.165, 1.54) is 10.6 Å². The molecule has 0 spiro atoms. The van der Waals surface area contributed by atoms with Gasteiger partial charge in [0.15, 0.2) is 0 Å². The van der Waals surface area contributed by atoms with Crippen molar-refractivity contribution in [3.63, 3.8) is 0 Å². The maximum Gasteiger partial charge on any atom is 0.341 e. The number of nitrogens with one attached hydrogen (secondary N) is 1. The summed E-state index contributed by atoms with van der Waals surface area (Å²) in [6, 6.07) is 7.08. The molecule has 2 N–H and O–H groups in total. The normalized spacial score (nSPS) is 17.2. The third kappa shape index (κ3) is 3.75. The molecule has 168 valence electrons. The van der Waals surface area contributed by atoms with Crippen molar-refractivity contribution in [3.8, 4) is 5.69 Å². The van der Waals surface area contributed by atoms with Gasteiger partial charge in [-0.25, -0.2) is 13.6 Å². The van der Waals surface area contributed by atoms with Crippen LogP contribution in [-0.4, -0.2) is 41.8 Å². The van der Waals surface area contributed by atoms with Crippen LogP contribution in [0.5, 0.6) is 0 Å². The van der Waals surface area contributed by atoms with E-state index in [0.29, 0.717) is 23.0 Å². The average molecular weight is 441 g/mol. The summed E-state index contributed by atoms with van der Waals surface area (Å²) < 4.78 is 29.5. The Morgan fingerprint density at radius 3 is 2.66 bits per heavy atom. The zero-order valence-electron chi connectivity index (χ0n) is 18.2. The highest BCUT2D eigenvalue weighted by atomic mass is 19.1. The van der Waals surface area contributed by atoms with E-state index in [0.717, 1.165) is 43.5 Å². The summed E-state index contributed by atoms with van der Waals surface area (Å²) in [7, 11) is 1.93. The van der Waals surface area contributed by atoms with Crippen LogP contribution in [0.3, 0.4) is 0 Å². The predicted octanol–water partition coefficient (Wildman–Crippen LogP) is 3.71. The van der Waals surface area contributed by atoms with Crippen LogP contribution in [0.4, 0.5) is 14.5 Å². The number of hydrogen-bond acceptors (Lipinski definition) is 4. The van der Waals surface area contributed by atoms with E-state index in [-0.39, 0.29) is 11.1 Å². The minimum absolute atomic E-state index is 0.0291. The van der Waals surface area contributed by atoms with Gasteiger partial charge in [-0.15, -0.1) is 0 Å². The molecular formula is C24H25F2N3O3. The molecule has 1 fully saturated rings. The van der Waals surface area contributed by atoms with Gasteiger partial charge in [0, 0.05) is 42.5 Å². The first-order valence-electron chi connectivity index (χ1n) is 10.5. The highest BCUT2D eigenvalue weighted by molar-refractivity contribution is 5.95. The Labute approximate surface area is 184 Å². The van der Waals surface area contributed by atoms with Crippen molar-refractivity contribution in [1.82, 2.24) is 9.88 Å². The van der Waals surface area contributed by atoms with Crippen LogP contribution >= 0.6 is 0 Å². The first-order chi connectivity index (χ1) is 15.2. The van der Waals surface area contributed by atoms with Crippen LogP contribution < -0.4 is 15.6 Å². The molecule has 0 saturated carbocycles. The van der Waals surface area contributed by atoms with Crippen molar-refractivity contribution >= 4 is 22.6 Å². The van der Waals surface area contributed by atoms with Gasteiger partial charge >= 0.3 is 5.97 Å². The molecule has 6 nitrogen and oxygen atoms in total. The number of carbonyl (C=O) groups is 1. The molecule has 8 heteroatoms. The van der Waals surface area contributed by atoms with E-state index < -0.39 is 28.6 Å². The standard InChI is InChI=1S/C24H25F2N3O3/c1-13-8-17(28-7-6-15(11-28)14(2)27-3)10-21-22(13)23(30)18(24(31)32)12-29(21)20-5-4-16(25)9-19(20)26/h4-5,8-10,12,14-15,27H,6-7,11H2,1-3H3,(H,31,32)/t14-,15-/m1/s1. The lowest BCUT2D eigenvalue weighted by molar-refractivity contribution is 0.0695. The first kappa shape index (κ1) is 22.0. The summed E-state index contributed by atoms with van der Waals surface area (Å²) in [5.41, 5.74) is 0.732. The Balaban J connectivity index is 1.94. The topological polar surface area (TPSA) is 74.6 Å². The van der Waals surface area contributed by atoms with Crippen molar-refractivity contribution < 1.29 is 18.7 Å². The van der Waals surface area contributed by atoms with Gasteiger partial charge in [-0.3, -0.25) is 4.79 Å².